The van der Waals surface area contributed by atoms with Crippen molar-refractivity contribution in [1.82, 2.24) is 0 Å². The van der Waals surface area contributed by atoms with Crippen molar-refractivity contribution in [2.75, 3.05) is 0 Å². The molecule has 1 spiro atoms. The Kier molecular flexibility index (Phi) is 3.39. The predicted molar refractivity (Wildman–Crippen MR) is 117 cm³/mol. The third-order valence-electron chi connectivity index (χ3n) is 10.4. The molecule has 4 heteroatoms. The first kappa shape index (κ1) is 19.7. The molecule has 3 fully saturated rings. The van der Waals surface area contributed by atoms with E-state index in [1.165, 1.54) is 5.57 Å². The minimum absolute atomic E-state index is 0.00745. The number of ether oxygens (including phenoxy) is 1. The summed E-state index contributed by atoms with van der Waals surface area (Å²) >= 11 is 0. The van der Waals surface area contributed by atoms with E-state index in [2.05, 4.69) is 32.1 Å². The molecule has 6 aliphatic rings. The summed E-state index contributed by atoms with van der Waals surface area (Å²) in [6.07, 6.45) is 14.3. The summed E-state index contributed by atoms with van der Waals surface area (Å²) in [6, 6.07) is 0. The highest BCUT2D eigenvalue weighted by molar-refractivity contribution is 6.06. The van der Waals surface area contributed by atoms with Gasteiger partial charge in [-0.1, -0.05) is 38.2 Å². The van der Waals surface area contributed by atoms with Gasteiger partial charge < -0.3 is 9.84 Å². The van der Waals surface area contributed by atoms with E-state index in [0.29, 0.717) is 11.5 Å². The Morgan fingerprint density at radius 1 is 1.10 bits per heavy atom. The SMILES string of the molecule is CC1(C)C(=O)C=CC2(C)C1=C(O)C(=O)C1(C)C2CCC2(C)C(C3=CCC=C3)CC3OC321. The van der Waals surface area contributed by atoms with Gasteiger partial charge in [-0.05, 0) is 75.5 Å². The lowest BCUT2D eigenvalue weighted by atomic mass is 9.39. The Bertz CT molecular complexity index is 1070. The van der Waals surface area contributed by atoms with Gasteiger partial charge >= 0.3 is 0 Å². The van der Waals surface area contributed by atoms with Crippen LogP contribution in [0.4, 0.5) is 0 Å². The number of Topliss-reactive ketones (excluding diaryl/α,β-unsaturated/α-hetero) is 1. The molecule has 31 heavy (non-hydrogen) atoms. The zero-order valence-corrected chi connectivity index (χ0v) is 19.1. The molecule has 6 rings (SSSR count). The van der Waals surface area contributed by atoms with Crippen LogP contribution in [0, 0.1) is 33.5 Å². The molecular weight excluding hydrogens is 388 g/mol. The van der Waals surface area contributed by atoms with E-state index >= 15 is 0 Å². The number of aliphatic hydroxyl groups excluding tert-OH is 1. The van der Waals surface area contributed by atoms with Gasteiger partial charge in [-0.3, -0.25) is 9.59 Å². The summed E-state index contributed by atoms with van der Waals surface area (Å²) in [7, 11) is 0. The molecule has 7 unspecified atom stereocenters. The number of allylic oxidation sites excluding steroid dienone is 8. The van der Waals surface area contributed by atoms with Crippen LogP contribution in [0.5, 0.6) is 0 Å². The van der Waals surface area contributed by atoms with Gasteiger partial charge in [0.2, 0.25) is 5.78 Å². The minimum atomic E-state index is -0.884. The molecule has 164 valence electrons. The van der Waals surface area contributed by atoms with Crippen LogP contribution in [0.3, 0.4) is 0 Å². The van der Waals surface area contributed by atoms with Crippen LogP contribution in [0.1, 0.15) is 60.3 Å². The van der Waals surface area contributed by atoms with E-state index in [-0.39, 0.29) is 34.8 Å². The van der Waals surface area contributed by atoms with Crippen LogP contribution in [0.25, 0.3) is 0 Å². The van der Waals surface area contributed by atoms with Crippen molar-refractivity contribution in [2.24, 2.45) is 33.5 Å². The van der Waals surface area contributed by atoms with Crippen molar-refractivity contribution >= 4 is 11.6 Å². The lowest BCUT2D eigenvalue weighted by Crippen LogP contribution is -2.66. The second-order valence-corrected chi connectivity index (χ2v) is 11.8. The van der Waals surface area contributed by atoms with Gasteiger partial charge in [0, 0.05) is 10.8 Å². The molecular formula is C27H32O4. The Balaban J connectivity index is 1.56. The molecule has 0 bridgehead atoms. The first-order valence-corrected chi connectivity index (χ1v) is 11.7. The molecule has 7 atom stereocenters. The van der Waals surface area contributed by atoms with Gasteiger partial charge in [-0.15, -0.1) is 0 Å². The van der Waals surface area contributed by atoms with Crippen LogP contribution in [0.15, 0.2) is 47.3 Å². The number of fused-ring (bicyclic) bond motifs is 3. The van der Waals surface area contributed by atoms with Crippen LogP contribution >= 0.6 is 0 Å². The third-order valence-corrected chi connectivity index (χ3v) is 10.4. The monoisotopic (exact) mass is 420 g/mol. The molecule has 4 nitrogen and oxygen atoms in total. The molecule has 1 aliphatic heterocycles. The van der Waals surface area contributed by atoms with Crippen LogP contribution < -0.4 is 0 Å². The average molecular weight is 421 g/mol. The third kappa shape index (κ3) is 1.83. The number of hydrogen-bond acceptors (Lipinski definition) is 4. The minimum Gasteiger partial charge on any atom is -0.504 e. The molecule has 0 aromatic heterocycles. The lowest BCUT2D eigenvalue weighted by Gasteiger charge is -2.62. The fraction of sp³-hybridized carbons (Fsp3) is 0.630. The van der Waals surface area contributed by atoms with Crippen molar-refractivity contribution in [2.45, 2.75) is 72.0 Å². The number of rotatable bonds is 1. The van der Waals surface area contributed by atoms with E-state index in [1.54, 1.807) is 6.08 Å². The fourth-order valence-electron chi connectivity index (χ4n) is 9.04. The second-order valence-electron chi connectivity index (χ2n) is 11.8. The molecule has 0 aromatic carbocycles. The maximum atomic E-state index is 14.1. The molecule has 1 N–H and O–H groups in total. The van der Waals surface area contributed by atoms with Crippen molar-refractivity contribution in [3.05, 3.63) is 47.3 Å². The van der Waals surface area contributed by atoms with E-state index in [0.717, 1.165) is 25.7 Å². The highest BCUT2D eigenvalue weighted by atomic mass is 16.6. The number of epoxide rings is 1. The summed E-state index contributed by atoms with van der Waals surface area (Å²) in [5.74, 6) is -0.0858. The van der Waals surface area contributed by atoms with Gasteiger partial charge in [-0.2, -0.15) is 0 Å². The van der Waals surface area contributed by atoms with Crippen LogP contribution in [-0.4, -0.2) is 28.4 Å². The normalized spacial score (nSPS) is 51.3. The summed E-state index contributed by atoms with van der Waals surface area (Å²) in [6.45, 7) is 10.2. The van der Waals surface area contributed by atoms with E-state index < -0.39 is 21.8 Å². The summed E-state index contributed by atoms with van der Waals surface area (Å²) in [4.78, 5) is 26.8. The van der Waals surface area contributed by atoms with E-state index in [9.17, 15) is 14.7 Å². The van der Waals surface area contributed by atoms with Gasteiger partial charge in [-0.25, -0.2) is 0 Å². The van der Waals surface area contributed by atoms with Crippen molar-refractivity contribution < 1.29 is 19.4 Å². The average Bonchev–Trinajstić information content (AvgIpc) is 3.07. The Morgan fingerprint density at radius 2 is 1.84 bits per heavy atom. The van der Waals surface area contributed by atoms with Gasteiger partial charge in [0.05, 0.1) is 16.9 Å². The topological polar surface area (TPSA) is 66.9 Å². The lowest BCUT2D eigenvalue weighted by molar-refractivity contribution is -0.163. The zero-order valence-electron chi connectivity index (χ0n) is 19.1. The number of ketones is 2. The number of hydrogen-bond donors (Lipinski definition) is 1. The standard InChI is InChI=1S/C27H32O4/c1-23(2)18(28)11-12-24(3)17-10-13-25(4)16(15-8-6-7-9-15)14-19-27(25,31-19)26(17,5)22(30)20(29)21(23)24/h6,8-9,11-12,16-17,19,29H,7,10,13-14H2,1-5H3. The molecule has 2 saturated carbocycles. The molecule has 1 heterocycles. The summed E-state index contributed by atoms with van der Waals surface area (Å²) in [5, 5.41) is 11.4. The second kappa shape index (κ2) is 5.33. The maximum absolute atomic E-state index is 14.1. The van der Waals surface area contributed by atoms with Crippen LogP contribution in [0.2, 0.25) is 0 Å². The van der Waals surface area contributed by atoms with Crippen LogP contribution in [-0.2, 0) is 14.3 Å². The summed E-state index contributed by atoms with van der Waals surface area (Å²) in [5.41, 5.74) is -0.940. The number of aliphatic hydroxyl groups is 1. The van der Waals surface area contributed by atoms with E-state index in [1.807, 2.05) is 26.8 Å². The van der Waals surface area contributed by atoms with Crippen molar-refractivity contribution in [3.8, 4) is 0 Å². The number of carbonyl (C=O) groups excluding carboxylic acids is 2. The first-order valence-electron chi connectivity index (χ1n) is 11.7. The quantitative estimate of drug-likeness (QED) is 0.605. The predicted octanol–water partition coefficient (Wildman–Crippen LogP) is 5.02. The van der Waals surface area contributed by atoms with Gasteiger partial charge in [0.25, 0.3) is 0 Å². The van der Waals surface area contributed by atoms with Gasteiger partial charge in [0.15, 0.2) is 11.5 Å². The number of carbonyl (C=O) groups is 2. The fourth-order valence-corrected chi connectivity index (χ4v) is 9.04. The maximum Gasteiger partial charge on any atom is 0.206 e. The molecule has 1 saturated heterocycles. The largest absolute Gasteiger partial charge is 0.504 e. The highest BCUT2D eigenvalue weighted by Gasteiger charge is 2.87. The Morgan fingerprint density at radius 3 is 2.52 bits per heavy atom. The van der Waals surface area contributed by atoms with Crippen molar-refractivity contribution in [3.63, 3.8) is 0 Å². The molecule has 0 amide bonds. The smallest absolute Gasteiger partial charge is 0.206 e. The first-order chi connectivity index (χ1) is 14.5. The Labute approximate surface area is 184 Å². The summed E-state index contributed by atoms with van der Waals surface area (Å²) < 4.78 is 6.53. The Hall–Kier alpha value is -1.94. The molecule has 0 aromatic rings. The molecule has 5 aliphatic carbocycles. The zero-order chi connectivity index (χ0) is 22.2. The molecule has 0 radical (unpaired) electrons. The highest BCUT2D eigenvalue weighted by Crippen LogP contribution is 2.80. The van der Waals surface area contributed by atoms with Crippen molar-refractivity contribution in [1.29, 1.82) is 0 Å². The van der Waals surface area contributed by atoms with E-state index in [4.69, 9.17) is 4.74 Å². The van der Waals surface area contributed by atoms with Gasteiger partial charge in [0.1, 0.15) is 5.60 Å².